The van der Waals surface area contributed by atoms with Crippen LogP contribution in [0.3, 0.4) is 0 Å². The van der Waals surface area contributed by atoms with E-state index in [1.807, 2.05) is 12.1 Å². The first-order valence-corrected chi connectivity index (χ1v) is 4.24. The molecule has 1 aromatic rings. The molecule has 0 aliphatic rings. The van der Waals surface area contributed by atoms with E-state index < -0.39 is 0 Å². The Morgan fingerprint density at radius 3 is 1.38 bits per heavy atom. The molecule has 0 aliphatic carbocycles. The Morgan fingerprint density at radius 1 is 0.812 bits per heavy atom. The third kappa shape index (κ3) is 8.85. The van der Waals surface area contributed by atoms with Crippen molar-refractivity contribution in [1.29, 1.82) is 0 Å². The number of hydrogen-bond donors (Lipinski definition) is 1. The first kappa shape index (κ1) is 29.6. The van der Waals surface area contributed by atoms with Crippen molar-refractivity contribution in [2.45, 2.75) is 31.1 Å². The van der Waals surface area contributed by atoms with Crippen LogP contribution in [0.15, 0.2) is 29.2 Å². The van der Waals surface area contributed by atoms with Crippen LogP contribution in [0.5, 0.6) is 0 Å². The lowest BCUT2D eigenvalue weighted by Gasteiger charge is -2.18. The highest BCUT2D eigenvalue weighted by molar-refractivity contribution is 7.80. The lowest BCUT2D eigenvalue weighted by molar-refractivity contribution is 0.590. The van der Waals surface area contributed by atoms with E-state index in [4.69, 9.17) is 0 Å². The number of rotatable bonds is 0. The summed E-state index contributed by atoms with van der Waals surface area (Å²) in [5, 5.41) is 0. The molecule has 0 atom stereocenters. The Labute approximate surface area is 105 Å². The fourth-order valence-corrected chi connectivity index (χ4v) is 1.11. The summed E-state index contributed by atoms with van der Waals surface area (Å²) in [6.07, 6.45) is 0. The van der Waals surface area contributed by atoms with Crippen molar-refractivity contribution < 1.29 is 18.8 Å². The van der Waals surface area contributed by atoms with E-state index in [0.29, 0.717) is 0 Å². The van der Waals surface area contributed by atoms with Gasteiger partial charge in [-0.3, -0.25) is 18.8 Å². The molecule has 0 amide bonds. The minimum absolute atomic E-state index is 0. The molecule has 0 bridgehead atoms. The zero-order valence-electron chi connectivity index (χ0n) is 9.30. The van der Waals surface area contributed by atoms with Gasteiger partial charge in [0, 0.05) is 4.90 Å². The first-order chi connectivity index (χ1) is 5.00. The lowest BCUT2D eigenvalue weighted by Crippen LogP contribution is -2.10. The van der Waals surface area contributed by atoms with Crippen molar-refractivity contribution in [2.75, 3.05) is 0 Å². The maximum atomic E-state index is 4.23. The molecule has 0 saturated carbocycles. The van der Waals surface area contributed by atoms with Gasteiger partial charge in [-0.1, -0.05) is 32.9 Å². The number of benzene rings is 1. The van der Waals surface area contributed by atoms with E-state index >= 15 is 0 Å². The van der Waals surface area contributed by atoms with Crippen LogP contribution in [0.1, 0.15) is 26.3 Å². The zero-order valence-corrected chi connectivity index (χ0v) is 11.0. The molecule has 0 saturated heterocycles. The summed E-state index contributed by atoms with van der Waals surface area (Å²) in [6, 6.07) is 8.32. The van der Waals surface area contributed by atoms with Crippen LogP contribution < -0.4 is 0 Å². The minimum Gasteiger partial charge on any atom is -0.269 e. The summed E-state index contributed by atoms with van der Waals surface area (Å²) in [6.45, 7) is 6.63. The summed E-state index contributed by atoms with van der Waals surface area (Å²) in [5.74, 6) is 0. The average molecular weight is 283 g/mol. The third-order valence-corrected chi connectivity index (χ3v) is 2.03. The van der Waals surface area contributed by atoms with Crippen molar-refractivity contribution in [3.63, 3.8) is 0 Å². The van der Waals surface area contributed by atoms with Crippen LogP contribution >= 0.6 is 25.0 Å². The van der Waals surface area contributed by atoms with Gasteiger partial charge in [0.15, 0.2) is 0 Å². The molecular formula is C10H19ClF4S. The standard InChI is InChI=1S/C10H14S.ClH.4FH/c1-10(2,3)8-4-6-9(11)7-5-8;;;;;/h4-7,11H,1-3H3;5*1H. The Bertz CT molecular complexity index is 246. The molecule has 0 heterocycles. The second-order valence-corrected chi connectivity index (χ2v) is 4.31. The topological polar surface area (TPSA) is 0 Å². The van der Waals surface area contributed by atoms with Crippen LogP contribution in [0.4, 0.5) is 18.8 Å². The molecular weight excluding hydrogens is 264 g/mol. The van der Waals surface area contributed by atoms with E-state index in [9.17, 15) is 0 Å². The SMILES string of the molecule is CC(C)(C)c1ccc(S)cc1.Cl.F.F.F.F. The molecule has 0 nitrogen and oxygen atoms in total. The van der Waals surface area contributed by atoms with E-state index in [1.54, 1.807) is 0 Å². The Morgan fingerprint density at radius 2 is 1.12 bits per heavy atom. The number of halogens is 5. The van der Waals surface area contributed by atoms with Gasteiger partial charge in [-0.25, -0.2) is 0 Å². The third-order valence-electron chi connectivity index (χ3n) is 1.73. The Kier molecular flexibility index (Phi) is 20.5. The maximum absolute atomic E-state index is 4.23. The molecule has 0 aliphatic heterocycles. The zero-order chi connectivity index (χ0) is 8.48. The van der Waals surface area contributed by atoms with Crippen LogP contribution in [-0.2, 0) is 5.41 Å². The quantitative estimate of drug-likeness (QED) is 0.532. The first-order valence-electron chi connectivity index (χ1n) is 3.79. The van der Waals surface area contributed by atoms with E-state index in [-0.39, 0.29) is 36.6 Å². The molecule has 1 aromatic carbocycles. The van der Waals surface area contributed by atoms with Gasteiger partial charge in [0.2, 0.25) is 0 Å². The largest absolute Gasteiger partial charge is 0.269 e. The summed E-state index contributed by atoms with van der Waals surface area (Å²) in [7, 11) is 0. The molecule has 6 heteroatoms. The number of thiol groups is 1. The molecule has 0 aromatic heterocycles. The van der Waals surface area contributed by atoms with Gasteiger partial charge in [-0.05, 0) is 23.1 Å². The van der Waals surface area contributed by atoms with Crippen LogP contribution in [0.2, 0.25) is 0 Å². The highest BCUT2D eigenvalue weighted by Gasteiger charge is 2.11. The normalized spacial score (nSPS) is 8.00. The molecule has 0 radical (unpaired) electrons. The number of hydrogen-bond acceptors (Lipinski definition) is 1. The summed E-state index contributed by atoms with van der Waals surface area (Å²) in [5.41, 5.74) is 1.61. The van der Waals surface area contributed by atoms with Crippen molar-refractivity contribution in [2.24, 2.45) is 0 Å². The molecule has 1 rings (SSSR count). The van der Waals surface area contributed by atoms with E-state index in [0.717, 1.165) is 4.90 Å². The van der Waals surface area contributed by atoms with Gasteiger partial charge >= 0.3 is 0 Å². The predicted molar refractivity (Wildman–Crippen MR) is 69.7 cm³/mol. The summed E-state index contributed by atoms with van der Waals surface area (Å²) < 4.78 is 0. The van der Waals surface area contributed by atoms with Crippen LogP contribution in [0, 0.1) is 0 Å². The molecule has 0 spiro atoms. The molecule has 0 unspecified atom stereocenters. The summed E-state index contributed by atoms with van der Waals surface area (Å²) in [4.78, 5) is 1.03. The van der Waals surface area contributed by atoms with Gasteiger partial charge in [-0.15, -0.1) is 25.0 Å². The molecule has 0 N–H and O–H groups in total. The fraction of sp³-hybridized carbons (Fsp3) is 0.400. The molecule has 100 valence electrons. The minimum atomic E-state index is 0. The van der Waals surface area contributed by atoms with Crippen molar-refractivity contribution in [1.82, 2.24) is 0 Å². The van der Waals surface area contributed by atoms with E-state index in [1.165, 1.54) is 5.56 Å². The van der Waals surface area contributed by atoms with E-state index in [2.05, 4.69) is 45.5 Å². The van der Waals surface area contributed by atoms with Gasteiger partial charge < -0.3 is 0 Å². The second-order valence-electron chi connectivity index (χ2n) is 3.80. The van der Waals surface area contributed by atoms with Crippen molar-refractivity contribution in [3.05, 3.63) is 29.8 Å². The Hall–Kier alpha value is -0.420. The van der Waals surface area contributed by atoms with Crippen LogP contribution in [0.25, 0.3) is 0 Å². The smallest absolute Gasteiger partial charge is 0.00401 e. The lowest BCUT2D eigenvalue weighted by atomic mass is 9.87. The average Bonchev–Trinajstić information content (AvgIpc) is 1.86. The summed E-state index contributed by atoms with van der Waals surface area (Å²) >= 11 is 4.23. The van der Waals surface area contributed by atoms with Gasteiger partial charge in [-0.2, -0.15) is 0 Å². The van der Waals surface area contributed by atoms with Gasteiger partial charge in [0.05, 0.1) is 0 Å². The van der Waals surface area contributed by atoms with Crippen LogP contribution in [-0.4, -0.2) is 0 Å². The maximum Gasteiger partial charge on any atom is 0.00401 e. The Balaban J connectivity index is -0.0000000807. The van der Waals surface area contributed by atoms with Crippen molar-refractivity contribution >= 4 is 25.0 Å². The monoisotopic (exact) mass is 282 g/mol. The van der Waals surface area contributed by atoms with Gasteiger partial charge in [0.1, 0.15) is 0 Å². The highest BCUT2D eigenvalue weighted by atomic mass is 35.5. The second kappa shape index (κ2) is 11.1. The predicted octanol–water partition coefficient (Wildman–Crippen LogP) is 4.30. The van der Waals surface area contributed by atoms with Crippen molar-refractivity contribution in [3.8, 4) is 0 Å². The highest BCUT2D eigenvalue weighted by Crippen LogP contribution is 2.22. The van der Waals surface area contributed by atoms with Gasteiger partial charge in [0.25, 0.3) is 0 Å². The molecule has 16 heavy (non-hydrogen) atoms. The fourth-order valence-electron chi connectivity index (χ4n) is 0.961. The molecule has 0 fully saturated rings.